The number of phenols is 1. The topological polar surface area (TPSA) is 94.7 Å². The van der Waals surface area contributed by atoms with E-state index in [2.05, 4.69) is 24.1 Å². The maximum Gasteiger partial charge on any atom is 0.246 e. The average Bonchev–Trinajstić information content (AvgIpc) is 3.16. The number of amides is 2. The van der Waals surface area contributed by atoms with Crippen molar-refractivity contribution in [3.05, 3.63) is 59.3 Å². The molecule has 7 nitrogen and oxygen atoms in total. The molecule has 0 radical (unpaired) electrons. The number of aromatic amines is 1. The van der Waals surface area contributed by atoms with Crippen molar-refractivity contribution < 1.29 is 19.4 Å². The first-order valence-electron chi connectivity index (χ1n) is 11.4. The van der Waals surface area contributed by atoms with Gasteiger partial charge in [0, 0.05) is 35.5 Å². The van der Waals surface area contributed by atoms with Crippen molar-refractivity contribution in [2.75, 3.05) is 7.11 Å². The SMILES string of the molecule is COc1ccc2c3c([nH]c2c1)[C@H](CC(C)C)N1C(=O)[C@H](Cc2ccc(O)cc2)NC(=O)[C@@H]1C3. The number of rotatable bonds is 5. The summed E-state index contributed by atoms with van der Waals surface area (Å²) in [6, 6.07) is 11.3. The molecule has 3 N–H and O–H groups in total. The first kappa shape index (κ1) is 21.4. The maximum atomic E-state index is 13.7. The number of H-pyrrole nitrogens is 1. The zero-order valence-corrected chi connectivity index (χ0v) is 19.1. The van der Waals surface area contributed by atoms with Crippen LogP contribution in [0.2, 0.25) is 0 Å². The van der Waals surface area contributed by atoms with E-state index in [9.17, 15) is 14.7 Å². The zero-order valence-electron chi connectivity index (χ0n) is 19.1. The van der Waals surface area contributed by atoms with Crippen molar-refractivity contribution in [3.63, 3.8) is 0 Å². The molecule has 1 fully saturated rings. The monoisotopic (exact) mass is 447 g/mol. The predicted molar refractivity (Wildman–Crippen MR) is 125 cm³/mol. The minimum Gasteiger partial charge on any atom is -0.508 e. The van der Waals surface area contributed by atoms with Crippen LogP contribution >= 0.6 is 0 Å². The van der Waals surface area contributed by atoms with E-state index in [0.29, 0.717) is 18.8 Å². The molecule has 7 heteroatoms. The summed E-state index contributed by atoms with van der Waals surface area (Å²) in [5.41, 5.74) is 3.98. The molecule has 172 valence electrons. The lowest BCUT2D eigenvalue weighted by Crippen LogP contribution is -2.66. The molecule has 0 spiro atoms. The summed E-state index contributed by atoms with van der Waals surface area (Å²) < 4.78 is 5.39. The molecule has 2 amide bonds. The first-order chi connectivity index (χ1) is 15.9. The number of hydrogen-bond acceptors (Lipinski definition) is 4. The Balaban J connectivity index is 1.54. The molecule has 0 unspecified atom stereocenters. The van der Waals surface area contributed by atoms with Crippen LogP contribution in [-0.4, -0.2) is 46.0 Å². The van der Waals surface area contributed by atoms with Crippen LogP contribution in [0.1, 0.15) is 43.1 Å². The van der Waals surface area contributed by atoms with Gasteiger partial charge in [0.15, 0.2) is 0 Å². The molecule has 1 saturated heterocycles. The van der Waals surface area contributed by atoms with Gasteiger partial charge in [0.1, 0.15) is 23.6 Å². The Kier molecular flexibility index (Phi) is 5.27. The van der Waals surface area contributed by atoms with Gasteiger partial charge >= 0.3 is 0 Å². The van der Waals surface area contributed by atoms with Crippen LogP contribution in [0, 0.1) is 5.92 Å². The third-order valence-corrected chi connectivity index (χ3v) is 6.79. The van der Waals surface area contributed by atoms with Crippen LogP contribution in [0.15, 0.2) is 42.5 Å². The van der Waals surface area contributed by atoms with E-state index in [4.69, 9.17) is 4.74 Å². The Bertz CT molecular complexity index is 1210. The van der Waals surface area contributed by atoms with Gasteiger partial charge in [0.25, 0.3) is 0 Å². The second-order valence-electron chi connectivity index (χ2n) is 9.47. The predicted octanol–water partition coefficient (Wildman–Crippen LogP) is 3.46. The van der Waals surface area contributed by atoms with Crippen molar-refractivity contribution in [1.29, 1.82) is 0 Å². The summed E-state index contributed by atoms with van der Waals surface area (Å²) in [7, 11) is 1.64. The van der Waals surface area contributed by atoms with Crippen LogP contribution in [0.4, 0.5) is 0 Å². The van der Waals surface area contributed by atoms with Crippen LogP contribution < -0.4 is 10.1 Å². The van der Waals surface area contributed by atoms with Crippen molar-refractivity contribution in [2.45, 2.75) is 51.2 Å². The minimum absolute atomic E-state index is 0.0554. The maximum absolute atomic E-state index is 13.7. The van der Waals surface area contributed by atoms with E-state index in [-0.39, 0.29) is 23.6 Å². The summed E-state index contributed by atoms with van der Waals surface area (Å²) in [5.74, 6) is 1.12. The van der Waals surface area contributed by atoms with Gasteiger partial charge in [-0.15, -0.1) is 0 Å². The summed E-state index contributed by atoms with van der Waals surface area (Å²) in [6.07, 6.45) is 1.64. The molecule has 33 heavy (non-hydrogen) atoms. The number of aromatic hydroxyl groups is 1. The number of ether oxygens (including phenoxy) is 1. The normalized spacial score (nSPS) is 22.3. The number of carbonyl (C=O) groups excluding carboxylic acids is 2. The molecular weight excluding hydrogens is 418 g/mol. The number of methoxy groups -OCH3 is 1. The highest BCUT2D eigenvalue weighted by molar-refractivity contribution is 5.99. The third kappa shape index (κ3) is 3.71. The molecule has 1 aromatic heterocycles. The van der Waals surface area contributed by atoms with E-state index in [1.807, 2.05) is 23.1 Å². The van der Waals surface area contributed by atoms with Crippen LogP contribution in [-0.2, 0) is 22.4 Å². The second kappa shape index (κ2) is 8.14. The standard InChI is InChI=1S/C26H29N3O4/c1-14(2)10-22-24-19(18-9-8-17(33-3)12-20(18)27-24)13-23-25(31)28-21(26(32)29(22)23)11-15-4-6-16(30)7-5-15/h4-9,12,14,21-23,27,30H,10-11,13H2,1-3H3,(H,28,31)/t21-,22-,23-/m0/s1. The average molecular weight is 448 g/mol. The summed E-state index contributed by atoms with van der Waals surface area (Å²) in [6.45, 7) is 4.27. The highest BCUT2D eigenvalue weighted by Gasteiger charge is 2.48. The second-order valence-corrected chi connectivity index (χ2v) is 9.47. The molecule has 2 aliphatic heterocycles. The van der Waals surface area contributed by atoms with Crippen molar-refractivity contribution in [1.82, 2.24) is 15.2 Å². The zero-order chi connectivity index (χ0) is 23.3. The van der Waals surface area contributed by atoms with Crippen LogP contribution in [0.5, 0.6) is 11.5 Å². The quantitative estimate of drug-likeness (QED) is 0.558. The smallest absolute Gasteiger partial charge is 0.246 e. The van der Waals surface area contributed by atoms with Crippen LogP contribution in [0.25, 0.3) is 10.9 Å². The van der Waals surface area contributed by atoms with E-state index >= 15 is 0 Å². The molecule has 0 aliphatic carbocycles. The van der Waals surface area contributed by atoms with Gasteiger partial charge in [-0.2, -0.15) is 0 Å². The van der Waals surface area contributed by atoms with Gasteiger partial charge in [0.2, 0.25) is 11.8 Å². The van der Waals surface area contributed by atoms with Crippen molar-refractivity contribution in [2.24, 2.45) is 5.92 Å². The lowest BCUT2D eigenvalue weighted by atomic mass is 9.84. The van der Waals surface area contributed by atoms with E-state index < -0.39 is 12.1 Å². The summed E-state index contributed by atoms with van der Waals surface area (Å²) >= 11 is 0. The van der Waals surface area contributed by atoms with Gasteiger partial charge in [-0.1, -0.05) is 26.0 Å². The minimum atomic E-state index is -0.626. The molecule has 3 atom stereocenters. The molecule has 2 aromatic carbocycles. The number of phenolic OH excluding ortho intramolecular Hbond substituents is 1. The molecule has 5 rings (SSSR count). The molecule has 0 bridgehead atoms. The van der Waals surface area contributed by atoms with E-state index in [1.54, 1.807) is 31.4 Å². The molecule has 2 aliphatic rings. The Morgan fingerprint density at radius 2 is 1.91 bits per heavy atom. The molecule has 0 saturated carbocycles. The summed E-state index contributed by atoms with van der Waals surface area (Å²) in [4.78, 5) is 32.3. The number of nitrogens with zero attached hydrogens (tertiary/aromatic N) is 1. The van der Waals surface area contributed by atoms with E-state index in [1.165, 1.54) is 0 Å². The number of aromatic nitrogens is 1. The third-order valence-electron chi connectivity index (χ3n) is 6.79. The number of nitrogens with one attached hydrogen (secondary N) is 2. The van der Waals surface area contributed by atoms with Crippen molar-refractivity contribution >= 4 is 22.7 Å². The number of carbonyl (C=O) groups is 2. The molecule has 3 aromatic rings. The Morgan fingerprint density at radius 1 is 1.15 bits per heavy atom. The fourth-order valence-electron chi connectivity index (χ4n) is 5.25. The Morgan fingerprint density at radius 3 is 2.61 bits per heavy atom. The van der Waals surface area contributed by atoms with Gasteiger partial charge in [-0.25, -0.2) is 0 Å². The Hall–Kier alpha value is -3.48. The number of piperazine rings is 1. The van der Waals surface area contributed by atoms with Gasteiger partial charge < -0.3 is 25.0 Å². The fourth-order valence-corrected chi connectivity index (χ4v) is 5.25. The highest BCUT2D eigenvalue weighted by Crippen LogP contribution is 2.42. The largest absolute Gasteiger partial charge is 0.508 e. The summed E-state index contributed by atoms with van der Waals surface area (Å²) in [5, 5.41) is 13.6. The van der Waals surface area contributed by atoms with Gasteiger partial charge in [-0.3, -0.25) is 9.59 Å². The highest BCUT2D eigenvalue weighted by atomic mass is 16.5. The number of fused-ring (bicyclic) bond motifs is 4. The lowest BCUT2D eigenvalue weighted by Gasteiger charge is -2.46. The van der Waals surface area contributed by atoms with Gasteiger partial charge in [0.05, 0.1) is 13.2 Å². The first-order valence-corrected chi connectivity index (χ1v) is 11.4. The number of hydrogen-bond donors (Lipinski definition) is 3. The Labute approximate surface area is 192 Å². The van der Waals surface area contributed by atoms with Crippen LogP contribution in [0.3, 0.4) is 0 Å². The van der Waals surface area contributed by atoms with Gasteiger partial charge in [-0.05, 0) is 47.7 Å². The molecular formula is C26H29N3O4. The fraction of sp³-hybridized carbons (Fsp3) is 0.385. The van der Waals surface area contributed by atoms with E-state index in [0.717, 1.165) is 39.9 Å². The number of benzene rings is 2. The lowest BCUT2D eigenvalue weighted by molar-refractivity contribution is -0.153. The van der Waals surface area contributed by atoms with Crippen molar-refractivity contribution in [3.8, 4) is 11.5 Å². The molecule has 3 heterocycles.